The summed E-state index contributed by atoms with van der Waals surface area (Å²) in [6.45, 7) is 6.13. The molecule has 0 aliphatic heterocycles. The molecule has 1 aliphatic rings. The lowest BCUT2D eigenvalue weighted by Crippen LogP contribution is -2.36. The van der Waals surface area contributed by atoms with Crippen molar-refractivity contribution in [1.29, 1.82) is 0 Å². The van der Waals surface area contributed by atoms with Crippen LogP contribution in [0.3, 0.4) is 0 Å². The molecule has 1 atom stereocenters. The lowest BCUT2D eigenvalue weighted by Gasteiger charge is -2.35. The SMILES string of the molecule is CC(C)Cn1nccc1[C@H](CN)C1(CO)CCCC1. The van der Waals surface area contributed by atoms with Gasteiger partial charge in [-0.3, -0.25) is 4.68 Å². The van der Waals surface area contributed by atoms with E-state index < -0.39 is 0 Å². The largest absolute Gasteiger partial charge is 0.396 e. The van der Waals surface area contributed by atoms with Crippen molar-refractivity contribution in [2.24, 2.45) is 17.1 Å². The smallest absolute Gasteiger partial charge is 0.0494 e. The summed E-state index contributed by atoms with van der Waals surface area (Å²) in [5, 5.41) is 14.3. The van der Waals surface area contributed by atoms with E-state index in [-0.39, 0.29) is 17.9 Å². The van der Waals surface area contributed by atoms with Crippen molar-refractivity contribution in [1.82, 2.24) is 9.78 Å². The maximum atomic E-state index is 9.90. The fourth-order valence-corrected chi connectivity index (χ4v) is 3.52. The van der Waals surface area contributed by atoms with E-state index >= 15 is 0 Å². The molecule has 2 rings (SSSR count). The Balaban J connectivity index is 2.28. The van der Waals surface area contributed by atoms with E-state index in [0.717, 1.165) is 19.4 Å². The number of aromatic nitrogens is 2. The van der Waals surface area contributed by atoms with E-state index in [1.165, 1.54) is 18.5 Å². The highest BCUT2D eigenvalue weighted by Gasteiger charge is 2.42. The fourth-order valence-electron chi connectivity index (χ4n) is 3.52. The highest BCUT2D eigenvalue weighted by atomic mass is 16.3. The first kappa shape index (κ1) is 14.5. The van der Waals surface area contributed by atoms with Crippen molar-refractivity contribution in [2.75, 3.05) is 13.2 Å². The van der Waals surface area contributed by atoms with Crippen molar-refractivity contribution < 1.29 is 5.11 Å². The van der Waals surface area contributed by atoms with Gasteiger partial charge in [-0.15, -0.1) is 0 Å². The van der Waals surface area contributed by atoms with Crippen LogP contribution in [0.25, 0.3) is 0 Å². The van der Waals surface area contributed by atoms with Crippen LogP contribution in [0.4, 0.5) is 0 Å². The van der Waals surface area contributed by atoms with Gasteiger partial charge in [0.2, 0.25) is 0 Å². The Morgan fingerprint density at radius 1 is 1.42 bits per heavy atom. The van der Waals surface area contributed by atoms with Crippen LogP contribution >= 0.6 is 0 Å². The van der Waals surface area contributed by atoms with Gasteiger partial charge in [-0.1, -0.05) is 26.7 Å². The van der Waals surface area contributed by atoms with Crippen LogP contribution < -0.4 is 5.73 Å². The average Bonchev–Trinajstić information content (AvgIpc) is 3.01. The zero-order valence-corrected chi connectivity index (χ0v) is 12.2. The molecular formula is C15H27N3O. The Hall–Kier alpha value is -0.870. The van der Waals surface area contributed by atoms with E-state index in [0.29, 0.717) is 12.5 Å². The van der Waals surface area contributed by atoms with Crippen LogP contribution in [0.5, 0.6) is 0 Å². The molecule has 0 bridgehead atoms. The number of aliphatic hydroxyl groups is 1. The number of aliphatic hydroxyl groups excluding tert-OH is 1. The minimum Gasteiger partial charge on any atom is -0.396 e. The van der Waals surface area contributed by atoms with Gasteiger partial charge in [-0.2, -0.15) is 5.10 Å². The zero-order chi connectivity index (χ0) is 13.9. The molecule has 0 radical (unpaired) electrons. The Labute approximate surface area is 116 Å². The van der Waals surface area contributed by atoms with Gasteiger partial charge in [0.25, 0.3) is 0 Å². The Morgan fingerprint density at radius 3 is 2.63 bits per heavy atom. The quantitative estimate of drug-likeness (QED) is 0.828. The summed E-state index contributed by atoms with van der Waals surface area (Å²) in [7, 11) is 0. The topological polar surface area (TPSA) is 64.1 Å². The summed E-state index contributed by atoms with van der Waals surface area (Å²) < 4.78 is 2.08. The van der Waals surface area contributed by atoms with Crippen LogP contribution in [0.2, 0.25) is 0 Å². The molecular weight excluding hydrogens is 238 g/mol. The minimum absolute atomic E-state index is 0.0243. The van der Waals surface area contributed by atoms with Gasteiger partial charge in [-0.25, -0.2) is 0 Å². The molecule has 19 heavy (non-hydrogen) atoms. The summed E-state index contributed by atoms with van der Waals surface area (Å²) in [5.74, 6) is 0.784. The molecule has 1 aromatic rings. The standard InChI is InChI=1S/C15H27N3O/c1-12(2)10-18-14(5-8-17-18)13(9-16)15(11-19)6-3-4-7-15/h5,8,12-13,19H,3-4,6-7,9-11,16H2,1-2H3/t13-/m0/s1. The summed E-state index contributed by atoms with van der Waals surface area (Å²) in [4.78, 5) is 0. The predicted molar refractivity (Wildman–Crippen MR) is 76.8 cm³/mol. The molecule has 0 saturated heterocycles. The molecule has 1 aliphatic carbocycles. The third-order valence-corrected chi connectivity index (χ3v) is 4.53. The molecule has 0 aromatic carbocycles. The van der Waals surface area contributed by atoms with E-state index in [2.05, 4.69) is 29.7 Å². The number of hydrogen-bond donors (Lipinski definition) is 2. The average molecular weight is 265 g/mol. The molecule has 0 amide bonds. The Kier molecular flexibility index (Phi) is 4.63. The molecule has 0 spiro atoms. The van der Waals surface area contributed by atoms with Crippen molar-refractivity contribution in [2.45, 2.75) is 52.0 Å². The molecule has 0 unspecified atom stereocenters. The molecule has 3 N–H and O–H groups in total. The molecule has 1 heterocycles. The Bertz CT molecular complexity index is 394. The molecule has 1 aromatic heterocycles. The highest BCUT2D eigenvalue weighted by Crippen LogP contribution is 2.48. The number of nitrogens with two attached hydrogens (primary N) is 1. The minimum atomic E-state index is -0.0243. The third-order valence-electron chi connectivity index (χ3n) is 4.53. The summed E-state index contributed by atoms with van der Waals surface area (Å²) in [6, 6.07) is 2.08. The second-order valence-corrected chi connectivity index (χ2v) is 6.35. The second-order valence-electron chi connectivity index (χ2n) is 6.35. The van der Waals surface area contributed by atoms with E-state index in [1.807, 2.05) is 6.20 Å². The monoisotopic (exact) mass is 265 g/mol. The first-order valence-corrected chi connectivity index (χ1v) is 7.45. The first-order chi connectivity index (χ1) is 9.13. The van der Waals surface area contributed by atoms with Crippen LogP contribution in [0.15, 0.2) is 12.3 Å². The van der Waals surface area contributed by atoms with Gasteiger partial charge in [-0.05, 0) is 24.8 Å². The third kappa shape index (κ3) is 2.84. The molecule has 1 saturated carbocycles. The maximum absolute atomic E-state index is 9.90. The van der Waals surface area contributed by atoms with Gasteiger partial charge >= 0.3 is 0 Å². The lowest BCUT2D eigenvalue weighted by atomic mass is 9.72. The molecule has 108 valence electrons. The van der Waals surface area contributed by atoms with E-state index in [1.54, 1.807) is 0 Å². The van der Waals surface area contributed by atoms with Crippen molar-refractivity contribution >= 4 is 0 Å². The van der Waals surface area contributed by atoms with Crippen molar-refractivity contribution in [3.63, 3.8) is 0 Å². The van der Waals surface area contributed by atoms with Crippen LogP contribution in [-0.4, -0.2) is 28.0 Å². The van der Waals surface area contributed by atoms with Crippen molar-refractivity contribution in [3.8, 4) is 0 Å². The molecule has 4 nitrogen and oxygen atoms in total. The summed E-state index contributed by atoms with van der Waals surface area (Å²) in [5.41, 5.74) is 7.23. The fraction of sp³-hybridized carbons (Fsp3) is 0.800. The maximum Gasteiger partial charge on any atom is 0.0494 e. The van der Waals surface area contributed by atoms with Crippen LogP contribution in [-0.2, 0) is 6.54 Å². The van der Waals surface area contributed by atoms with E-state index in [9.17, 15) is 5.11 Å². The predicted octanol–water partition coefficient (Wildman–Crippen LogP) is 2.13. The normalized spacial score (nSPS) is 20.1. The summed E-state index contributed by atoms with van der Waals surface area (Å²) >= 11 is 0. The second kappa shape index (κ2) is 6.06. The van der Waals surface area contributed by atoms with Crippen LogP contribution in [0.1, 0.15) is 51.1 Å². The van der Waals surface area contributed by atoms with E-state index in [4.69, 9.17) is 5.73 Å². The van der Waals surface area contributed by atoms with Gasteiger partial charge in [0.15, 0.2) is 0 Å². The molecule has 4 heteroatoms. The Morgan fingerprint density at radius 2 is 2.11 bits per heavy atom. The van der Waals surface area contributed by atoms with Gasteiger partial charge in [0, 0.05) is 42.9 Å². The summed E-state index contributed by atoms with van der Waals surface area (Å²) in [6.07, 6.45) is 6.43. The van der Waals surface area contributed by atoms with Gasteiger partial charge in [0.05, 0.1) is 0 Å². The molecule has 1 fully saturated rings. The van der Waals surface area contributed by atoms with Gasteiger partial charge in [0.1, 0.15) is 0 Å². The van der Waals surface area contributed by atoms with Crippen molar-refractivity contribution in [3.05, 3.63) is 18.0 Å². The van der Waals surface area contributed by atoms with Gasteiger partial charge < -0.3 is 10.8 Å². The number of hydrogen-bond acceptors (Lipinski definition) is 3. The lowest BCUT2D eigenvalue weighted by molar-refractivity contribution is 0.0987. The number of nitrogens with zero attached hydrogens (tertiary/aromatic N) is 2. The zero-order valence-electron chi connectivity index (χ0n) is 12.2. The van der Waals surface area contributed by atoms with Crippen LogP contribution in [0, 0.1) is 11.3 Å². The number of rotatable bonds is 6. The highest BCUT2D eigenvalue weighted by molar-refractivity contribution is 5.15. The first-order valence-electron chi connectivity index (χ1n) is 7.45.